The van der Waals surface area contributed by atoms with Gasteiger partial charge in [0, 0.05) is 10.2 Å². The number of hydrogen-bond acceptors (Lipinski definition) is 8. The number of halogens is 1. The molecule has 0 aliphatic carbocycles. The number of carbonyl (C=O) groups excluding carboxylic acids is 3. The SMILES string of the molecule is C[Si](C)(C)OC(=O)C1=C(CI)CS[C@H]2C(NC(=O)Cn3cnnn3)C(=O)N12. The number of aromatic nitrogens is 4. The second kappa shape index (κ2) is 7.87. The summed E-state index contributed by atoms with van der Waals surface area (Å²) in [4.78, 5) is 39.0. The number of fused-ring (bicyclic) bond motifs is 1. The van der Waals surface area contributed by atoms with Gasteiger partial charge in [0.1, 0.15) is 30.0 Å². The third kappa shape index (κ3) is 4.34. The molecule has 146 valence electrons. The lowest BCUT2D eigenvalue weighted by Gasteiger charge is -2.50. The van der Waals surface area contributed by atoms with E-state index in [1.54, 1.807) is 0 Å². The Bertz CT molecular complexity index is 796. The first-order valence-corrected chi connectivity index (χ1v) is 14.2. The summed E-state index contributed by atoms with van der Waals surface area (Å²) in [6.07, 6.45) is 1.32. The molecule has 27 heavy (non-hydrogen) atoms. The standard InChI is InChI=1S/C14H19IN6O4SSi/c1-27(2,3)25-14(24)11-8(4-15)6-26-13-10(12(23)21(11)13)17-9(22)5-20-7-16-18-19-20/h7,10,13H,4-6H2,1-3H3,(H,17,22)/t10?,13-/m0/s1. The van der Waals surface area contributed by atoms with Crippen LogP contribution in [0.15, 0.2) is 17.6 Å². The Hall–Kier alpha value is -1.48. The van der Waals surface area contributed by atoms with Gasteiger partial charge in [0.05, 0.1) is 0 Å². The molecule has 2 atom stereocenters. The first-order chi connectivity index (χ1) is 12.7. The fourth-order valence-corrected chi connectivity index (χ4v) is 5.72. The summed E-state index contributed by atoms with van der Waals surface area (Å²) in [6.45, 7) is 5.69. The van der Waals surface area contributed by atoms with Gasteiger partial charge in [-0.25, -0.2) is 9.48 Å². The fourth-order valence-electron chi connectivity index (χ4n) is 2.72. The molecule has 3 heterocycles. The lowest BCUT2D eigenvalue weighted by atomic mass is 10.0. The number of nitrogens with zero attached hydrogens (tertiary/aromatic N) is 5. The van der Waals surface area contributed by atoms with Gasteiger partial charge in [0.25, 0.3) is 5.91 Å². The zero-order chi connectivity index (χ0) is 19.8. The van der Waals surface area contributed by atoms with E-state index in [0.717, 1.165) is 5.57 Å². The Morgan fingerprint density at radius 1 is 1.44 bits per heavy atom. The number of carbonyl (C=O) groups is 3. The number of hydrogen-bond donors (Lipinski definition) is 1. The van der Waals surface area contributed by atoms with Crippen LogP contribution < -0.4 is 5.32 Å². The molecule has 1 N–H and O–H groups in total. The van der Waals surface area contributed by atoms with Crippen molar-refractivity contribution in [3.63, 3.8) is 0 Å². The zero-order valence-corrected chi connectivity index (χ0v) is 19.0. The molecule has 1 saturated heterocycles. The maximum absolute atomic E-state index is 12.7. The van der Waals surface area contributed by atoms with E-state index in [1.807, 2.05) is 19.6 Å². The highest BCUT2D eigenvalue weighted by molar-refractivity contribution is 14.1. The molecular weight excluding hydrogens is 503 g/mol. The van der Waals surface area contributed by atoms with Gasteiger partial charge in [-0.05, 0) is 35.6 Å². The summed E-state index contributed by atoms with van der Waals surface area (Å²) in [5.41, 5.74) is 1.22. The van der Waals surface area contributed by atoms with Crippen LogP contribution in [-0.2, 0) is 25.4 Å². The van der Waals surface area contributed by atoms with E-state index in [9.17, 15) is 14.4 Å². The number of amides is 2. The average Bonchev–Trinajstić information content (AvgIpc) is 3.09. The molecule has 1 fully saturated rings. The molecule has 1 aromatic rings. The normalized spacial score (nSPS) is 22.2. The molecule has 3 rings (SSSR count). The third-order valence-corrected chi connectivity index (χ3v) is 6.87. The lowest BCUT2D eigenvalue weighted by Crippen LogP contribution is -2.71. The van der Waals surface area contributed by atoms with Crippen LogP contribution in [0.1, 0.15) is 0 Å². The molecule has 0 radical (unpaired) electrons. The zero-order valence-electron chi connectivity index (χ0n) is 15.0. The van der Waals surface area contributed by atoms with Crippen molar-refractivity contribution in [2.45, 2.75) is 37.6 Å². The van der Waals surface area contributed by atoms with Crippen LogP contribution in [0, 0.1) is 0 Å². The van der Waals surface area contributed by atoms with Crippen LogP contribution in [0.25, 0.3) is 0 Å². The molecule has 1 aromatic heterocycles. The van der Waals surface area contributed by atoms with Gasteiger partial charge in [0.2, 0.25) is 14.2 Å². The van der Waals surface area contributed by atoms with Crippen molar-refractivity contribution in [1.29, 1.82) is 0 Å². The van der Waals surface area contributed by atoms with E-state index >= 15 is 0 Å². The average molecular weight is 522 g/mol. The first kappa shape index (κ1) is 20.3. The molecule has 0 bridgehead atoms. The van der Waals surface area contributed by atoms with Gasteiger partial charge >= 0.3 is 5.97 Å². The van der Waals surface area contributed by atoms with E-state index in [-0.39, 0.29) is 23.7 Å². The van der Waals surface area contributed by atoms with Crippen molar-refractivity contribution in [2.24, 2.45) is 0 Å². The highest BCUT2D eigenvalue weighted by atomic mass is 127. The Morgan fingerprint density at radius 2 is 2.19 bits per heavy atom. The van der Waals surface area contributed by atoms with Crippen LogP contribution in [-0.4, -0.2) is 72.8 Å². The van der Waals surface area contributed by atoms with Crippen LogP contribution >= 0.6 is 34.4 Å². The number of rotatable bonds is 6. The molecule has 10 nitrogen and oxygen atoms in total. The minimum absolute atomic E-state index is 0.0759. The first-order valence-electron chi connectivity index (χ1n) is 8.17. The summed E-state index contributed by atoms with van der Waals surface area (Å²) < 4.78 is 7.53. The van der Waals surface area contributed by atoms with Gasteiger partial charge in [-0.2, -0.15) is 0 Å². The second-order valence-corrected chi connectivity index (χ2v) is 13.3. The van der Waals surface area contributed by atoms with Gasteiger partial charge in [-0.1, -0.05) is 22.6 Å². The van der Waals surface area contributed by atoms with E-state index in [0.29, 0.717) is 15.9 Å². The van der Waals surface area contributed by atoms with E-state index in [2.05, 4.69) is 43.4 Å². The van der Waals surface area contributed by atoms with Crippen LogP contribution in [0.3, 0.4) is 0 Å². The van der Waals surface area contributed by atoms with Crippen molar-refractivity contribution in [2.75, 3.05) is 10.2 Å². The number of thioether (sulfide) groups is 1. The minimum Gasteiger partial charge on any atom is -0.515 e. The molecule has 0 saturated carbocycles. The van der Waals surface area contributed by atoms with Crippen molar-refractivity contribution >= 4 is 60.5 Å². The van der Waals surface area contributed by atoms with Gasteiger partial charge in [0.15, 0.2) is 0 Å². The predicted octanol–water partition coefficient (Wildman–Crippen LogP) is 0.140. The molecule has 2 amide bonds. The van der Waals surface area contributed by atoms with Gasteiger partial charge in [-0.15, -0.1) is 16.9 Å². The molecule has 1 unspecified atom stereocenters. The Morgan fingerprint density at radius 3 is 2.78 bits per heavy atom. The summed E-state index contributed by atoms with van der Waals surface area (Å²) in [6, 6.07) is -0.676. The summed E-state index contributed by atoms with van der Waals surface area (Å²) in [5, 5.41) is 12.9. The lowest BCUT2D eigenvalue weighted by molar-refractivity contribution is -0.150. The Labute approximate surface area is 174 Å². The fraction of sp³-hybridized carbons (Fsp3) is 0.571. The molecule has 2 aliphatic heterocycles. The largest absolute Gasteiger partial charge is 0.515 e. The van der Waals surface area contributed by atoms with Crippen LogP contribution in [0.4, 0.5) is 0 Å². The number of β-lactam (4-membered cyclic amide) rings is 1. The van der Waals surface area contributed by atoms with Gasteiger partial charge < -0.3 is 9.74 Å². The van der Waals surface area contributed by atoms with E-state index in [4.69, 9.17) is 4.43 Å². The number of alkyl halides is 1. The molecule has 13 heteroatoms. The maximum atomic E-state index is 12.7. The number of tetrazole rings is 1. The molecule has 0 spiro atoms. The van der Waals surface area contributed by atoms with Crippen molar-refractivity contribution in [1.82, 2.24) is 30.4 Å². The highest BCUT2D eigenvalue weighted by Gasteiger charge is 2.54. The quantitative estimate of drug-likeness (QED) is 0.243. The number of nitrogens with one attached hydrogen (secondary N) is 1. The smallest absolute Gasteiger partial charge is 0.341 e. The summed E-state index contributed by atoms with van der Waals surface area (Å²) >= 11 is 3.71. The van der Waals surface area contributed by atoms with Gasteiger partial charge in [-0.3, -0.25) is 14.5 Å². The summed E-state index contributed by atoms with van der Waals surface area (Å²) in [7, 11) is -2.10. The monoisotopic (exact) mass is 522 g/mol. The third-order valence-electron chi connectivity index (χ3n) is 3.81. The van der Waals surface area contributed by atoms with E-state index < -0.39 is 20.3 Å². The molecule has 2 aliphatic rings. The highest BCUT2D eigenvalue weighted by Crippen LogP contribution is 2.41. The van der Waals surface area contributed by atoms with Crippen molar-refractivity contribution in [3.05, 3.63) is 17.6 Å². The topological polar surface area (TPSA) is 119 Å². The van der Waals surface area contributed by atoms with Crippen molar-refractivity contribution < 1.29 is 18.8 Å². The van der Waals surface area contributed by atoms with Crippen LogP contribution in [0.2, 0.25) is 19.6 Å². The Balaban J connectivity index is 1.72. The molecular formula is C14H19IN6O4SSi. The summed E-state index contributed by atoms with van der Waals surface area (Å²) in [5.74, 6) is -0.497. The molecule has 0 aromatic carbocycles. The van der Waals surface area contributed by atoms with Crippen LogP contribution in [0.5, 0.6) is 0 Å². The second-order valence-electron chi connectivity index (χ2n) is 7.05. The van der Waals surface area contributed by atoms with Crippen molar-refractivity contribution in [3.8, 4) is 0 Å². The van der Waals surface area contributed by atoms with E-state index in [1.165, 1.54) is 27.7 Å². The minimum atomic E-state index is -2.10. The predicted molar refractivity (Wildman–Crippen MR) is 108 cm³/mol. The maximum Gasteiger partial charge on any atom is 0.341 e. The Kier molecular flexibility index (Phi) is 5.90.